The van der Waals surface area contributed by atoms with Crippen molar-refractivity contribution in [3.05, 3.63) is 83.8 Å². The van der Waals surface area contributed by atoms with Gasteiger partial charge in [0.05, 0.1) is 17.7 Å². The van der Waals surface area contributed by atoms with E-state index in [4.69, 9.17) is 4.42 Å². The second-order valence-corrected chi connectivity index (χ2v) is 7.47. The van der Waals surface area contributed by atoms with E-state index in [0.29, 0.717) is 22.6 Å². The van der Waals surface area contributed by atoms with E-state index in [0.717, 1.165) is 0 Å². The molecular weight excluding hydrogens is 352 g/mol. The molecule has 0 unspecified atom stereocenters. The van der Waals surface area contributed by atoms with Crippen LogP contribution in [0.2, 0.25) is 0 Å². The van der Waals surface area contributed by atoms with Crippen LogP contribution in [0.15, 0.2) is 76.2 Å². The maximum absolute atomic E-state index is 12.5. The van der Waals surface area contributed by atoms with E-state index < -0.39 is 10.0 Å². The fourth-order valence-electron chi connectivity index (χ4n) is 2.40. The second-order valence-electron chi connectivity index (χ2n) is 5.70. The number of benzene rings is 2. The van der Waals surface area contributed by atoms with Gasteiger partial charge in [0.1, 0.15) is 5.76 Å². The molecule has 0 spiro atoms. The fourth-order valence-corrected chi connectivity index (χ4v) is 3.41. The van der Waals surface area contributed by atoms with E-state index in [2.05, 4.69) is 10.0 Å². The molecule has 7 heteroatoms. The monoisotopic (exact) mass is 370 g/mol. The number of hydrogen-bond donors (Lipinski definition) is 2. The molecule has 0 aliphatic rings. The molecule has 0 radical (unpaired) electrons. The number of hydrogen-bond acceptors (Lipinski definition) is 4. The Balaban J connectivity index is 1.81. The number of sulfonamides is 1. The maximum Gasteiger partial charge on any atom is 0.255 e. The molecule has 26 heavy (non-hydrogen) atoms. The zero-order chi connectivity index (χ0) is 18.6. The summed E-state index contributed by atoms with van der Waals surface area (Å²) in [6, 6.07) is 16.8. The third-order valence-electron chi connectivity index (χ3n) is 3.81. The van der Waals surface area contributed by atoms with Crippen molar-refractivity contribution < 1.29 is 17.6 Å². The molecule has 0 saturated carbocycles. The number of carbonyl (C=O) groups excluding carboxylic acids is 1. The highest BCUT2D eigenvalue weighted by Crippen LogP contribution is 2.18. The Labute approximate surface area is 151 Å². The number of carbonyl (C=O) groups is 1. The first-order chi connectivity index (χ1) is 12.5. The van der Waals surface area contributed by atoms with Crippen LogP contribution in [0.5, 0.6) is 0 Å². The van der Waals surface area contributed by atoms with Crippen LogP contribution in [-0.2, 0) is 16.6 Å². The summed E-state index contributed by atoms with van der Waals surface area (Å²) in [6.07, 6.45) is 1.47. The number of anilines is 1. The van der Waals surface area contributed by atoms with Crippen LogP contribution in [0.4, 0.5) is 5.69 Å². The normalized spacial score (nSPS) is 11.3. The Morgan fingerprint density at radius 2 is 1.81 bits per heavy atom. The first kappa shape index (κ1) is 17.9. The van der Waals surface area contributed by atoms with Crippen molar-refractivity contribution in [2.45, 2.75) is 18.4 Å². The van der Waals surface area contributed by atoms with Crippen molar-refractivity contribution in [1.82, 2.24) is 4.72 Å². The molecule has 0 aliphatic carbocycles. The highest BCUT2D eigenvalue weighted by Gasteiger charge is 2.18. The smallest absolute Gasteiger partial charge is 0.255 e. The number of aryl methyl sites for hydroxylation is 1. The number of amides is 1. The zero-order valence-electron chi connectivity index (χ0n) is 14.1. The lowest BCUT2D eigenvalue weighted by Gasteiger charge is -2.11. The van der Waals surface area contributed by atoms with Crippen LogP contribution >= 0.6 is 0 Å². The molecule has 6 nitrogen and oxygen atoms in total. The Morgan fingerprint density at radius 3 is 2.50 bits per heavy atom. The molecule has 0 aliphatic heterocycles. The molecule has 0 fully saturated rings. The van der Waals surface area contributed by atoms with Crippen LogP contribution in [-0.4, -0.2) is 14.3 Å². The summed E-state index contributed by atoms with van der Waals surface area (Å²) in [4.78, 5) is 12.5. The molecule has 1 heterocycles. The average Bonchev–Trinajstić information content (AvgIpc) is 3.15. The molecule has 2 N–H and O–H groups in total. The van der Waals surface area contributed by atoms with Gasteiger partial charge in [-0.05, 0) is 48.9 Å². The lowest BCUT2D eigenvalue weighted by atomic mass is 10.1. The standard InChI is InChI=1S/C19H18N2O4S/c1-14-9-10-17(26(23,24)20-13-16-8-5-11-25-16)12-18(14)19(22)21-15-6-3-2-4-7-15/h2-12,20H,13H2,1H3,(H,21,22). The van der Waals surface area contributed by atoms with E-state index in [9.17, 15) is 13.2 Å². The van der Waals surface area contributed by atoms with Gasteiger partial charge >= 0.3 is 0 Å². The summed E-state index contributed by atoms with van der Waals surface area (Å²) in [5.41, 5.74) is 1.62. The molecule has 1 aromatic heterocycles. The predicted octanol–water partition coefficient (Wildman–Crippen LogP) is 3.32. The summed E-state index contributed by atoms with van der Waals surface area (Å²) in [5, 5.41) is 2.76. The van der Waals surface area contributed by atoms with Crippen LogP contribution in [0.1, 0.15) is 21.7 Å². The lowest BCUT2D eigenvalue weighted by molar-refractivity contribution is 0.102. The summed E-state index contributed by atoms with van der Waals surface area (Å²) < 4.78 is 32.6. The van der Waals surface area contributed by atoms with Crippen molar-refractivity contribution in [2.24, 2.45) is 0 Å². The molecular formula is C19H18N2O4S. The predicted molar refractivity (Wildman–Crippen MR) is 98.3 cm³/mol. The first-order valence-electron chi connectivity index (χ1n) is 7.95. The van der Waals surface area contributed by atoms with Gasteiger partial charge in [-0.25, -0.2) is 13.1 Å². The maximum atomic E-state index is 12.5. The number of nitrogens with one attached hydrogen (secondary N) is 2. The number of furan rings is 1. The SMILES string of the molecule is Cc1ccc(S(=O)(=O)NCc2ccco2)cc1C(=O)Nc1ccccc1. The van der Waals surface area contributed by atoms with Gasteiger partial charge in [0.15, 0.2) is 0 Å². The van der Waals surface area contributed by atoms with Gasteiger partial charge in [0, 0.05) is 11.3 Å². The van der Waals surface area contributed by atoms with E-state index in [1.54, 1.807) is 37.3 Å². The van der Waals surface area contributed by atoms with Crippen LogP contribution in [0, 0.1) is 6.92 Å². The Bertz CT molecular complexity index is 997. The third kappa shape index (κ3) is 4.19. The minimum atomic E-state index is -3.77. The van der Waals surface area contributed by atoms with Gasteiger partial charge in [-0.15, -0.1) is 0 Å². The van der Waals surface area contributed by atoms with E-state index in [-0.39, 0.29) is 17.3 Å². The molecule has 0 atom stereocenters. The fraction of sp³-hybridized carbons (Fsp3) is 0.105. The van der Waals surface area contributed by atoms with E-state index >= 15 is 0 Å². The van der Waals surface area contributed by atoms with Crippen molar-refractivity contribution in [3.63, 3.8) is 0 Å². The zero-order valence-corrected chi connectivity index (χ0v) is 14.9. The third-order valence-corrected chi connectivity index (χ3v) is 5.21. The van der Waals surface area contributed by atoms with Crippen molar-refractivity contribution in [1.29, 1.82) is 0 Å². The summed E-state index contributed by atoms with van der Waals surface area (Å²) >= 11 is 0. The molecule has 134 valence electrons. The minimum absolute atomic E-state index is 0.0212. The Hall–Kier alpha value is -2.90. The van der Waals surface area contributed by atoms with Gasteiger partial charge in [0.25, 0.3) is 5.91 Å². The van der Waals surface area contributed by atoms with Crippen molar-refractivity contribution in [2.75, 3.05) is 5.32 Å². The van der Waals surface area contributed by atoms with Gasteiger partial charge in [-0.1, -0.05) is 24.3 Å². The van der Waals surface area contributed by atoms with Crippen LogP contribution < -0.4 is 10.0 Å². The van der Waals surface area contributed by atoms with Crippen molar-refractivity contribution in [3.8, 4) is 0 Å². The first-order valence-corrected chi connectivity index (χ1v) is 9.43. The topological polar surface area (TPSA) is 88.4 Å². The molecule has 0 saturated heterocycles. The molecule has 0 bridgehead atoms. The van der Waals surface area contributed by atoms with Crippen LogP contribution in [0.3, 0.4) is 0 Å². The number of para-hydroxylation sites is 1. The quantitative estimate of drug-likeness (QED) is 0.697. The average molecular weight is 370 g/mol. The molecule has 3 aromatic rings. The second kappa shape index (κ2) is 7.55. The van der Waals surface area contributed by atoms with Crippen molar-refractivity contribution >= 4 is 21.6 Å². The summed E-state index contributed by atoms with van der Waals surface area (Å²) in [6.45, 7) is 1.79. The van der Waals surface area contributed by atoms with Crippen LogP contribution in [0.25, 0.3) is 0 Å². The Kier molecular flexibility index (Phi) is 5.20. The largest absolute Gasteiger partial charge is 0.468 e. The molecule has 3 rings (SSSR count). The summed E-state index contributed by atoms with van der Waals surface area (Å²) in [7, 11) is -3.77. The Morgan fingerprint density at radius 1 is 1.04 bits per heavy atom. The highest BCUT2D eigenvalue weighted by atomic mass is 32.2. The highest BCUT2D eigenvalue weighted by molar-refractivity contribution is 7.89. The number of rotatable bonds is 6. The van der Waals surface area contributed by atoms with E-state index in [1.807, 2.05) is 18.2 Å². The lowest BCUT2D eigenvalue weighted by Crippen LogP contribution is -2.24. The molecule has 1 amide bonds. The minimum Gasteiger partial charge on any atom is -0.468 e. The van der Waals surface area contributed by atoms with Gasteiger partial charge in [-0.3, -0.25) is 4.79 Å². The molecule has 2 aromatic carbocycles. The van der Waals surface area contributed by atoms with E-state index in [1.165, 1.54) is 18.4 Å². The van der Waals surface area contributed by atoms with Gasteiger partial charge in [-0.2, -0.15) is 0 Å². The van der Waals surface area contributed by atoms with Gasteiger partial charge < -0.3 is 9.73 Å². The summed E-state index contributed by atoms with van der Waals surface area (Å²) in [5.74, 6) is 0.138. The van der Waals surface area contributed by atoms with Gasteiger partial charge in [0.2, 0.25) is 10.0 Å².